The fourth-order valence-electron chi connectivity index (χ4n) is 2.32. The molecule has 28 heavy (non-hydrogen) atoms. The number of amides is 3. The third-order valence-corrected chi connectivity index (χ3v) is 3.63. The molecule has 0 spiro atoms. The van der Waals surface area contributed by atoms with Crippen molar-refractivity contribution in [3.63, 3.8) is 0 Å². The van der Waals surface area contributed by atoms with Crippen LogP contribution in [0.5, 0.6) is 0 Å². The van der Waals surface area contributed by atoms with Gasteiger partial charge in [-0.3, -0.25) is 14.9 Å². The average Bonchev–Trinajstić information content (AvgIpc) is 3.37. The average molecular weight is 382 g/mol. The molecule has 3 aromatic rings. The molecule has 0 bridgehead atoms. The second kappa shape index (κ2) is 9.17. The summed E-state index contributed by atoms with van der Waals surface area (Å²) in [7, 11) is 0. The smallest absolute Gasteiger partial charge is 0.321 e. The number of urea groups is 1. The van der Waals surface area contributed by atoms with Gasteiger partial charge in [0, 0.05) is 11.8 Å². The van der Waals surface area contributed by atoms with E-state index in [0.717, 1.165) is 5.69 Å². The number of nitrogens with one attached hydrogen (secondary N) is 2. The lowest BCUT2D eigenvalue weighted by Gasteiger charge is -2.06. The van der Waals surface area contributed by atoms with Crippen molar-refractivity contribution in [1.29, 1.82) is 0 Å². The molecule has 9 nitrogen and oxygen atoms in total. The minimum atomic E-state index is -0.731. The molecule has 144 valence electrons. The normalized spacial score (nSPS) is 10.3. The molecule has 2 heterocycles. The van der Waals surface area contributed by atoms with Gasteiger partial charge >= 0.3 is 12.0 Å². The fraction of sp³-hybridized carbons (Fsp3) is 0.158. The van der Waals surface area contributed by atoms with Crippen LogP contribution in [-0.2, 0) is 27.3 Å². The number of carbonyl (C=O) groups is 3. The summed E-state index contributed by atoms with van der Waals surface area (Å²) < 4.78 is 11.6. The highest BCUT2D eigenvalue weighted by molar-refractivity contribution is 5.95. The zero-order chi connectivity index (χ0) is 19.8. The van der Waals surface area contributed by atoms with Crippen molar-refractivity contribution in [2.45, 2.75) is 13.0 Å². The first-order valence-corrected chi connectivity index (χ1v) is 8.45. The Labute approximate surface area is 160 Å². The quantitative estimate of drug-likeness (QED) is 0.600. The molecule has 1 aromatic carbocycles. The first-order chi connectivity index (χ1) is 13.6. The molecule has 3 amide bonds. The third-order valence-electron chi connectivity index (χ3n) is 3.63. The van der Waals surface area contributed by atoms with Crippen LogP contribution in [0.25, 0.3) is 5.69 Å². The Morgan fingerprint density at radius 1 is 1.11 bits per heavy atom. The van der Waals surface area contributed by atoms with E-state index in [1.165, 1.54) is 6.26 Å². The van der Waals surface area contributed by atoms with Crippen LogP contribution in [0, 0.1) is 0 Å². The minimum absolute atomic E-state index is 0.0369. The molecule has 0 saturated carbocycles. The fourth-order valence-corrected chi connectivity index (χ4v) is 2.32. The van der Waals surface area contributed by atoms with Gasteiger partial charge in [-0.2, -0.15) is 5.10 Å². The van der Waals surface area contributed by atoms with Crippen LogP contribution in [0.1, 0.15) is 11.3 Å². The van der Waals surface area contributed by atoms with E-state index in [1.54, 1.807) is 29.2 Å². The van der Waals surface area contributed by atoms with E-state index >= 15 is 0 Å². The first kappa shape index (κ1) is 18.9. The standard InChI is InChI=1S/C19H18N4O5/c24-17(22-19(26)20-11-16-7-4-8-27-16)13-28-18(25)9-14-10-21-23(12-14)15-5-2-1-3-6-15/h1-8,10,12H,9,11,13H2,(H2,20,22,24,26). The van der Waals surface area contributed by atoms with Gasteiger partial charge in [-0.25, -0.2) is 9.48 Å². The lowest BCUT2D eigenvalue weighted by atomic mass is 10.2. The first-order valence-electron chi connectivity index (χ1n) is 8.45. The molecule has 0 aliphatic heterocycles. The number of esters is 1. The van der Waals surface area contributed by atoms with E-state index in [1.807, 2.05) is 30.3 Å². The predicted octanol–water partition coefficient (Wildman–Crippen LogP) is 1.58. The van der Waals surface area contributed by atoms with Crippen LogP contribution in [0.4, 0.5) is 4.79 Å². The number of benzene rings is 1. The Hall–Kier alpha value is -3.88. The van der Waals surface area contributed by atoms with Crippen LogP contribution in [0.3, 0.4) is 0 Å². The van der Waals surface area contributed by atoms with Gasteiger partial charge in [0.1, 0.15) is 5.76 Å². The van der Waals surface area contributed by atoms with Crippen LogP contribution < -0.4 is 10.6 Å². The summed E-state index contributed by atoms with van der Waals surface area (Å²) in [6.07, 6.45) is 4.70. The van der Waals surface area contributed by atoms with Crippen molar-refractivity contribution in [2.75, 3.05) is 6.61 Å². The maximum absolute atomic E-state index is 11.9. The summed E-state index contributed by atoms with van der Waals surface area (Å²) in [5.74, 6) is -0.783. The van der Waals surface area contributed by atoms with Crippen molar-refractivity contribution >= 4 is 17.9 Å². The van der Waals surface area contributed by atoms with Crippen molar-refractivity contribution in [2.24, 2.45) is 0 Å². The van der Waals surface area contributed by atoms with E-state index in [0.29, 0.717) is 11.3 Å². The van der Waals surface area contributed by atoms with E-state index in [-0.39, 0.29) is 13.0 Å². The number of hydrogen-bond acceptors (Lipinski definition) is 6. The third kappa shape index (κ3) is 5.56. The lowest BCUT2D eigenvalue weighted by Crippen LogP contribution is -2.41. The number of imide groups is 1. The number of hydrogen-bond donors (Lipinski definition) is 2. The summed E-state index contributed by atoms with van der Waals surface area (Å²) in [6.45, 7) is -0.420. The van der Waals surface area contributed by atoms with Gasteiger partial charge in [-0.1, -0.05) is 18.2 Å². The topological polar surface area (TPSA) is 115 Å². The summed E-state index contributed by atoms with van der Waals surface area (Å²) in [4.78, 5) is 35.1. The summed E-state index contributed by atoms with van der Waals surface area (Å²) in [5.41, 5.74) is 1.51. The van der Waals surface area contributed by atoms with Crippen LogP contribution in [0.15, 0.2) is 65.5 Å². The maximum atomic E-state index is 11.9. The van der Waals surface area contributed by atoms with Crippen LogP contribution >= 0.6 is 0 Å². The van der Waals surface area contributed by atoms with Gasteiger partial charge < -0.3 is 14.5 Å². The number of furan rings is 1. The molecule has 0 unspecified atom stereocenters. The number of ether oxygens (including phenoxy) is 1. The zero-order valence-corrected chi connectivity index (χ0v) is 14.8. The summed E-state index contributed by atoms with van der Waals surface area (Å²) >= 11 is 0. The van der Waals surface area contributed by atoms with Gasteiger partial charge in [0.05, 0.1) is 31.1 Å². The number of para-hydroxylation sites is 1. The molecule has 0 aliphatic carbocycles. The van der Waals surface area contributed by atoms with E-state index in [2.05, 4.69) is 15.7 Å². The number of rotatable bonds is 7. The molecule has 0 aliphatic rings. The molecule has 0 saturated heterocycles. The van der Waals surface area contributed by atoms with Crippen molar-refractivity contribution in [1.82, 2.24) is 20.4 Å². The predicted molar refractivity (Wildman–Crippen MR) is 97.3 cm³/mol. The van der Waals surface area contributed by atoms with Gasteiger partial charge in [0.15, 0.2) is 6.61 Å². The Kier molecular flexibility index (Phi) is 6.19. The molecule has 2 aromatic heterocycles. The molecule has 9 heteroatoms. The van der Waals surface area contributed by atoms with E-state index in [9.17, 15) is 14.4 Å². The zero-order valence-electron chi connectivity index (χ0n) is 14.8. The minimum Gasteiger partial charge on any atom is -0.467 e. The maximum Gasteiger partial charge on any atom is 0.321 e. The van der Waals surface area contributed by atoms with Gasteiger partial charge in [0.25, 0.3) is 5.91 Å². The Bertz CT molecular complexity index is 934. The number of aromatic nitrogens is 2. The van der Waals surface area contributed by atoms with Gasteiger partial charge in [-0.15, -0.1) is 0 Å². The largest absolute Gasteiger partial charge is 0.467 e. The molecule has 0 fully saturated rings. The van der Waals surface area contributed by atoms with E-state index in [4.69, 9.17) is 9.15 Å². The summed E-state index contributed by atoms with van der Waals surface area (Å²) in [5, 5.41) is 8.69. The highest BCUT2D eigenvalue weighted by atomic mass is 16.5. The Morgan fingerprint density at radius 3 is 2.68 bits per heavy atom. The Morgan fingerprint density at radius 2 is 1.93 bits per heavy atom. The highest BCUT2D eigenvalue weighted by Gasteiger charge is 2.13. The Balaban J connectivity index is 1.38. The van der Waals surface area contributed by atoms with Crippen LogP contribution in [0.2, 0.25) is 0 Å². The van der Waals surface area contributed by atoms with Crippen molar-refractivity contribution in [3.05, 3.63) is 72.4 Å². The molecular formula is C19H18N4O5. The number of carbonyl (C=O) groups excluding carboxylic acids is 3. The molecule has 3 rings (SSSR count). The second-order valence-corrected chi connectivity index (χ2v) is 5.78. The van der Waals surface area contributed by atoms with Crippen molar-refractivity contribution in [3.8, 4) is 5.69 Å². The molecular weight excluding hydrogens is 364 g/mol. The van der Waals surface area contributed by atoms with E-state index < -0.39 is 24.5 Å². The number of nitrogens with zero attached hydrogens (tertiary/aromatic N) is 2. The summed E-state index contributed by atoms with van der Waals surface area (Å²) in [6, 6.07) is 12.1. The van der Waals surface area contributed by atoms with Gasteiger partial charge in [0.2, 0.25) is 0 Å². The monoisotopic (exact) mass is 382 g/mol. The molecule has 2 N–H and O–H groups in total. The van der Waals surface area contributed by atoms with Crippen molar-refractivity contribution < 1.29 is 23.5 Å². The SMILES string of the molecule is O=C(COC(=O)Cc1cnn(-c2ccccc2)c1)NC(=O)NCc1ccco1. The molecule has 0 atom stereocenters. The van der Waals surface area contributed by atoms with Gasteiger partial charge in [-0.05, 0) is 24.3 Å². The lowest BCUT2D eigenvalue weighted by molar-refractivity contribution is -0.147. The highest BCUT2D eigenvalue weighted by Crippen LogP contribution is 2.08. The second-order valence-electron chi connectivity index (χ2n) is 5.78. The molecule has 0 radical (unpaired) electrons. The van der Waals surface area contributed by atoms with Crippen LogP contribution in [-0.4, -0.2) is 34.3 Å².